The minimum absolute atomic E-state index is 0.139. The predicted octanol–water partition coefficient (Wildman–Crippen LogP) is 3.42. The summed E-state index contributed by atoms with van der Waals surface area (Å²) in [6.45, 7) is 5.46. The summed E-state index contributed by atoms with van der Waals surface area (Å²) in [5.74, 6) is 0.549. The molecular weight excluding hydrogens is 292 g/mol. The van der Waals surface area contributed by atoms with Crippen molar-refractivity contribution in [3.05, 3.63) is 0 Å². The lowest BCUT2D eigenvalue weighted by Crippen LogP contribution is -2.50. The maximum Gasteiger partial charge on any atom is 0.0941 e. The van der Waals surface area contributed by atoms with Gasteiger partial charge in [-0.25, -0.2) is 0 Å². The van der Waals surface area contributed by atoms with Crippen LogP contribution in [0.25, 0.3) is 0 Å². The lowest BCUT2D eigenvalue weighted by molar-refractivity contribution is -0.182. The third-order valence-electron chi connectivity index (χ3n) is 5.48. The van der Waals surface area contributed by atoms with Crippen LogP contribution in [0.1, 0.15) is 85.0 Å². The molecule has 3 N–H and O–H groups in total. The summed E-state index contributed by atoms with van der Waals surface area (Å²) in [6.07, 6.45) is 12.2. The lowest BCUT2D eigenvalue weighted by Gasteiger charge is -2.44. The van der Waals surface area contributed by atoms with Gasteiger partial charge in [-0.2, -0.15) is 0 Å². The fourth-order valence-electron chi connectivity index (χ4n) is 3.75. The normalized spacial score (nSPS) is 25.8. The van der Waals surface area contributed by atoms with Crippen molar-refractivity contribution < 1.29 is 20.1 Å². The van der Waals surface area contributed by atoms with E-state index in [4.69, 9.17) is 14.9 Å². The Bertz CT molecular complexity index is 294. The average Bonchev–Trinajstić information content (AvgIpc) is 2.57. The largest absolute Gasteiger partial charge is 0.394 e. The van der Waals surface area contributed by atoms with E-state index in [2.05, 4.69) is 6.92 Å². The van der Waals surface area contributed by atoms with Gasteiger partial charge >= 0.3 is 0 Å². The Morgan fingerprint density at radius 2 is 1.35 bits per heavy atom. The highest BCUT2D eigenvalue weighted by Crippen LogP contribution is 2.39. The third kappa shape index (κ3) is 7.08. The van der Waals surface area contributed by atoms with Gasteiger partial charge in [-0.05, 0) is 52.4 Å². The van der Waals surface area contributed by atoms with Gasteiger partial charge in [0.25, 0.3) is 0 Å². The molecule has 2 aliphatic rings. The lowest BCUT2D eigenvalue weighted by atomic mass is 9.75. The Morgan fingerprint density at radius 1 is 0.913 bits per heavy atom. The molecule has 0 amide bonds. The molecule has 0 radical (unpaired) electrons. The minimum atomic E-state index is -0.560. The SMILES string of the molecule is CC(O)C(C)(OC1CCCCC1)C1CCCCC1.CC(O)CO. The summed E-state index contributed by atoms with van der Waals surface area (Å²) in [7, 11) is 0. The summed E-state index contributed by atoms with van der Waals surface area (Å²) in [4.78, 5) is 0. The van der Waals surface area contributed by atoms with E-state index >= 15 is 0 Å². The van der Waals surface area contributed by atoms with Crippen LogP contribution in [0.5, 0.6) is 0 Å². The monoisotopic (exact) mass is 330 g/mol. The molecule has 2 saturated carbocycles. The summed E-state index contributed by atoms with van der Waals surface area (Å²) < 4.78 is 6.43. The van der Waals surface area contributed by atoms with Crippen LogP contribution >= 0.6 is 0 Å². The predicted molar refractivity (Wildman–Crippen MR) is 93.4 cm³/mol. The minimum Gasteiger partial charge on any atom is -0.394 e. The molecule has 2 aliphatic carbocycles. The molecule has 3 unspecified atom stereocenters. The Kier molecular flexibility index (Phi) is 9.67. The highest BCUT2D eigenvalue weighted by Gasteiger charge is 2.41. The van der Waals surface area contributed by atoms with Crippen molar-refractivity contribution in [2.24, 2.45) is 5.92 Å². The highest BCUT2D eigenvalue weighted by atomic mass is 16.5. The molecule has 0 aliphatic heterocycles. The maximum atomic E-state index is 10.2. The van der Waals surface area contributed by atoms with Crippen LogP contribution in [0.4, 0.5) is 0 Å². The average molecular weight is 331 g/mol. The van der Waals surface area contributed by atoms with Crippen molar-refractivity contribution in [2.45, 2.75) is 109 Å². The van der Waals surface area contributed by atoms with Gasteiger partial charge in [0.15, 0.2) is 0 Å². The zero-order valence-electron chi connectivity index (χ0n) is 15.3. The molecule has 0 heterocycles. The first-order valence-electron chi connectivity index (χ1n) is 9.55. The molecule has 0 spiro atoms. The highest BCUT2D eigenvalue weighted by molar-refractivity contribution is 4.91. The fourth-order valence-corrected chi connectivity index (χ4v) is 3.75. The fraction of sp³-hybridized carbons (Fsp3) is 1.00. The van der Waals surface area contributed by atoms with Crippen LogP contribution in [0.15, 0.2) is 0 Å². The Morgan fingerprint density at radius 3 is 1.74 bits per heavy atom. The molecule has 138 valence electrons. The van der Waals surface area contributed by atoms with Gasteiger partial charge in [0.1, 0.15) is 0 Å². The Balaban J connectivity index is 0.000000463. The van der Waals surface area contributed by atoms with E-state index in [1.807, 2.05) is 6.92 Å². The summed E-state index contributed by atoms with van der Waals surface area (Å²) >= 11 is 0. The number of rotatable bonds is 5. The summed E-state index contributed by atoms with van der Waals surface area (Å²) in [6, 6.07) is 0. The summed E-state index contributed by atoms with van der Waals surface area (Å²) in [5.41, 5.74) is -0.317. The van der Waals surface area contributed by atoms with Crippen molar-refractivity contribution in [1.82, 2.24) is 0 Å². The van der Waals surface area contributed by atoms with Crippen molar-refractivity contribution >= 4 is 0 Å². The molecule has 0 aromatic rings. The van der Waals surface area contributed by atoms with Gasteiger partial charge in [0, 0.05) is 0 Å². The van der Waals surface area contributed by atoms with Crippen LogP contribution in [0, 0.1) is 5.92 Å². The van der Waals surface area contributed by atoms with E-state index < -0.39 is 6.10 Å². The third-order valence-corrected chi connectivity index (χ3v) is 5.48. The van der Waals surface area contributed by atoms with Crippen LogP contribution < -0.4 is 0 Å². The number of aliphatic hydroxyl groups is 3. The van der Waals surface area contributed by atoms with Crippen molar-refractivity contribution in [1.29, 1.82) is 0 Å². The van der Waals surface area contributed by atoms with Crippen LogP contribution in [0.3, 0.4) is 0 Å². The topological polar surface area (TPSA) is 69.9 Å². The standard InChI is InChI=1S/C16H30O2.C3H8O2/c1-13(17)16(2,14-9-5-3-6-10-14)18-15-11-7-4-8-12-15;1-3(5)2-4/h13-15,17H,3-12H2,1-2H3;3-5H,2H2,1H3. The number of ether oxygens (including phenoxy) is 1. The van der Waals surface area contributed by atoms with E-state index in [0.717, 1.165) is 0 Å². The molecule has 0 aromatic carbocycles. The Labute approximate surface area is 142 Å². The second-order valence-corrected chi connectivity index (χ2v) is 7.60. The molecule has 0 saturated heterocycles. The number of aliphatic hydroxyl groups excluding tert-OH is 3. The van der Waals surface area contributed by atoms with Gasteiger partial charge in [0.2, 0.25) is 0 Å². The number of hydrogen-bond acceptors (Lipinski definition) is 4. The van der Waals surface area contributed by atoms with Crippen molar-refractivity contribution in [3.63, 3.8) is 0 Å². The molecule has 0 bridgehead atoms. The molecule has 4 nitrogen and oxygen atoms in total. The Hall–Kier alpha value is -0.160. The van der Waals surface area contributed by atoms with Gasteiger partial charge in [0.05, 0.1) is 30.5 Å². The quantitative estimate of drug-likeness (QED) is 0.722. The van der Waals surface area contributed by atoms with Crippen LogP contribution in [0.2, 0.25) is 0 Å². The first kappa shape index (κ1) is 20.9. The zero-order chi connectivity index (χ0) is 17.3. The molecule has 2 rings (SSSR count). The van der Waals surface area contributed by atoms with Crippen LogP contribution in [-0.2, 0) is 4.74 Å². The van der Waals surface area contributed by atoms with E-state index in [0.29, 0.717) is 12.0 Å². The second kappa shape index (κ2) is 10.7. The molecule has 23 heavy (non-hydrogen) atoms. The molecular formula is C19H38O4. The maximum absolute atomic E-state index is 10.2. The van der Waals surface area contributed by atoms with Crippen molar-refractivity contribution in [2.75, 3.05) is 6.61 Å². The molecule has 0 aromatic heterocycles. The summed E-state index contributed by atoms with van der Waals surface area (Å²) in [5, 5.41) is 26.2. The molecule has 2 fully saturated rings. The van der Waals surface area contributed by atoms with Crippen LogP contribution in [-0.4, -0.2) is 45.8 Å². The first-order valence-corrected chi connectivity index (χ1v) is 9.55. The van der Waals surface area contributed by atoms with Gasteiger partial charge in [-0.15, -0.1) is 0 Å². The molecule has 3 atom stereocenters. The van der Waals surface area contributed by atoms with Gasteiger partial charge < -0.3 is 20.1 Å². The molecule has 4 heteroatoms. The van der Waals surface area contributed by atoms with E-state index in [-0.39, 0.29) is 18.3 Å². The number of hydrogen-bond donors (Lipinski definition) is 3. The first-order chi connectivity index (χ1) is 10.9. The smallest absolute Gasteiger partial charge is 0.0941 e. The van der Waals surface area contributed by atoms with Gasteiger partial charge in [-0.3, -0.25) is 0 Å². The van der Waals surface area contributed by atoms with E-state index in [9.17, 15) is 5.11 Å². The van der Waals surface area contributed by atoms with Gasteiger partial charge in [-0.1, -0.05) is 38.5 Å². The van der Waals surface area contributed by atoms with E-state index in [1.165, 1.54) is 71.1 Å². The zero-order valence-corrected chi connectivity index (χ0v) is 15.3. The van der Waals surface area contributed by atoms with E-state index in [1.54, 1.807) is 0 Å². The second-order valence-electron chi connectivity index (χ2n) is 7.60. The van der Waals surface area contributed by atoms with Crippen molar-refractivity contribution in [3.8, 4) is 0 Å².